The quantitative estimate of drug-likeness (QED) is 0.914. The molecule has 0 fully saturated rings. The number of nitrogens with zero attached hydrogens (tertiary/aromatic N) is 2. The second-order valence-electron chi connectivity index (χ2n) is 4.43. The van der Waals surface area contributed by atoms with Crippen LogP contribution >= 0.6 is 15.9 Å². The molecule has 0 amide bonds. The molecule has 5 heteroatoms. The van der Waals surface area contributed by atoms with E-state index in [-0.39, 0.29) is 11.9 Å². The number of hydrogen-bond donors (Lipinski definition) is 1. The van der Waals surface area contributed by atoms with Crippen molar-refractivity contribution in [3.63, 3.8) is 0 Å². The fourth-order valence-corrected chi connectivity index (χ4v) is 2.43. The van der Waals surface area contributed by atoms with Crippen molar-refractivity contribution in [1.82, 2.24) is 14.9 Å². The van der Waals surface area contributed by atoms with E-state index in [1.807, 2.05) is 36.9 Å². The van der Waals surface area contributed by atoms with Crippen LogP contribution in [0.1, 0.15) is 24.4 Å². The third-order valence-electron chi connectivity index (χ3n) is 3.10. The molecule has 1 unspecified atom stereocenters. The van der Waals surface area contributed by atoms with Gasteiger partial charge in [0.25, 0.3) is 0 Å². The predicted molar refractivity (Wildman–Crippen MR) is 77.4 cm³/mol. The van der Waals surface area contributed by atoms with Crippen molar-refractivity contribution in [2.24, 2.45) is 7.05 Å². The van der Waals surface area contributed by atoms with Gasteiger partial charge in [0.2, 0.25) is 0 Å². The first-order chi connectivity index (χ1) is 9.11. The molecule has 0 aliphatic rings. The van der Waals surface area contributed by atoms with Crippen LogP contribution in [0.25, 0.3) is 0 Å². The molecule has 1 atom stereocenters. The second-order valence-corrected chi connectivity index (χ2v) is 5.35. The molecule has 1 N–H and O–H groups in total. The lowest BCUT2D eigenvalue weighted by molar-refractivity contribution is 0.496. The number of halogens is 2. The minimum absolute atomic E-state index is 0.0702. The highest BCUT2D eigenvalue weighted by Gasteiger charge is 2.17. The van der Waals surface area contributed by atoms with E-state index in [0.29, 0.717) is 12.0 Å². The van der Waals surface area contributed by atoms with Gasteiger partial charge in [0.1, 0.15) is 11.6 Å². The number of imidazole rings is 1. The zero-order chi connectivity index (χ0) is 13.8. The van der Waals surface area contributed by atoms with E-state index in [2.05, 4.69) is 26.2 Å². The molecule has 1 heterocycles. The number of rotatable bonds is 5. The van der Waals surface area contributed by atoms with Gasteiger partial charge in [0, 0.05) is 41.9 Å². The van der Waals surface area contributed by atoms with Gasteiger partial charge >= 0.3 is 0 Å². The Labute approximate surface area is 121 Å². The summed E-state index contributed by atoms with van der Waals surface area (Å²) < 4.78 is 16.8. The average molecular weight is 326 g/mol. The van der Waals surface area contributed by atoms with Crippen LogP contribution in [0.3, 0.4) is 0 Å². The molecule has 0 aliphatic carbocycles. The van der Waals surface area contributed by atoms with E-state index in [0.717, 1.165) is 16.8 Å². The predicted octanol–water partition coefficient (Wildman–Crippen LogP) is 3.22. The highest BCUT2D eigenvalue weighted by Crippen LogP contribution is 2.23. The Balaban J connectivity index is 2.27. The van der Waals surface area contributed by atoms with Crippen LogP contribution in [-0.2, 0) is 13.5 Å². The molecule has 0 aliphatic heterocycles. The largest absolute Gasteiger partial charge is 0.338 e. The number of hydrogen-bond acceptors (Lipinski definition) is 2. The molecule has 1 aromatic carbocycles. The van der Waals surface area contributed by atoms with Crippen LogP contribution in [0, 0.1) is 5.82 Å². The maximum atomic E-state index is 14.1. The summed E-state index contributed by atoms with van der Waals surface area (Å²) >= 11 is 3.28. The van der Waals surface area contributed by atoms with Gasteiger partial charge in [0.05, 0.1) is 0 Å². The average Bonchev–Trinajstić information content (AvgIpc) is 2.75. The Morgan fingerprint density at radius 3 is 2.84 bits per heavy atom. The number of benzene rings is 1. The normalized spacial score (nSPS) is 12.6. The second kappa shape index (κ2) is 6.30. The maximum absolute atomic E-state index is 14.1. The van der Waals surface area contributed by atoms with Crippen molar-refractivity contribution < 1.29 is 4.39 Å². The van der Waals surface area contributed by atoms with Gasteiger partial charge in [-0.05, 0) is 18.7 Å². The Kier molecular flexibility index (Phi) is 4.71. The zero-order valence-corrected chi connectivity index (χ0v) is 12.6. The lowest BCUT2D eigenvalue weighted by Gasteiger charge is -2.19. The summed E-state index contributed by atoms with van der Waals surface area (Å²) in [6.07, 6.45) is 4.32. The molecule has 102 valence electrons. The molecular formula is C14H17BrFN3. The molecule has 0 saturated heterocycles. The standard InChI is InChI=1S/C14H17BrFN3/c1-3-17-13(9-14-18-6-7-19(14)2)11-5-4-10(15)8-12(11)16/h4-8,13,17H,3,9H2,1-2H3. The van der Waals surface area contributed by atoms with E-state index in [4.69, 9.17) is 0 Å². The number of aryl methyl sites for hydroxylation is 1. The van der Waals surface area contributed by atoms with E-state index in [1.54, 1.807) is 6.20 Å². The van der Waals surface area contributed by atoms with Gasteiger partial charge in [-0.2, -0.15) is 0 Å². The molecule has 3 nitrogen and oxygen atoms in total. The first-order valence-electron chi connectivity index (χ1n) is 6.26. The molecular weight excluding hydrogens is 309 g/mol. The minimum Gasteiger partial charge on any atom is -0.338 e. The first kappa shape index (κ1) is 14.2. The zero-order valence-electron chi connectivity index (χ0n) is 11.0. The molecule has 0 bridgehead atoms. The summed E-state index contributed by atoms with van der Waals surface area (Å²) in [5.74, 6) is 0.739. The molecule has 0 spiro atoms. The topological polar surface area (TPSA) is 29.9 Å². The van der Waals surface area contributed by atoms with Crippen LogP contribution in [0.2, 0.25) is 0 Å². The van der Waals surface area contributed by atoms with Crippen LogP contribution < -0.4 is 5.32 Å². The van der Waals surface area contributed by atoms with Crippen molar-refractivity contribution >= 4 is 15.9 Å². The third-order valence-corrected chi connectivity index (χ3v) is 3.59. The maximum Gasteiger partial charge on any atom is 0.129 e. The minimum atomic E-state index is -0.200. The summed E-state index contributed by atoms with van der Waals surface area (Å²) in [7, 11) is 1.95. The summed E-state index contributed by atoms with van der Waals surface area (Å²) in [4.78, 5) is 4.30. The van der Waals surface area contributed by atoms with Gasteiger partial charge in [-0.3, -0.25) is 0 Å². The van der Waals surface area contributed by atoms with Crippen molar-refractivity contribution in [2.45, 2.75) is 19.4 Å². The molecule has 19 heavy (non-hydrogen) atoms. The molecule has 0 saturated carbocycles. The number of likely N-dealkylation sites (N-methyl/N-ethyl adjacent to an activating group) is 1. The van der Waals surface area contributed by atoms with E-state index >= 15 is 0 Å². The van der Waals surface area contributed by atoms with Crippen molar-refractivity contribution in [3.8, 4) is 0 Å². The highest BCUT2D eigenvalue weighted by atomic mass is 79.9. The molecule has 2 aromatic rings. The number of aromatic nitrogens is 2. The Hall–Kier alpha value is -1.20. The van der Waals surface area contributed by atoms with Crippen LogP contribution in [-0.4, -0.2) is 16.1 Å². The smallest absolute Gasteiger partial charge is 0.129 e. The van der Waals surface area contributed by atoms with E-state index < -0.39 is 0 Å². The van der Waals surface area contributed by atoms with Crippen LogP contribution in [0.4, 0.5) is 4.39 Å². The van der Waals surface area contributed by atoms with Gasteiger partial charge in [-0.25, -0.2) is 9.37 Å². The summed E-state index contributed by atoms with van der Waals surface area (Å²) in [6, 6.07) is 5.11. The Morgan fingerprint density at radius 1 is 1.47 bits per heavy atom. The molecule has 0 radical (unpaired) electrons. The highest BCUT2D eigenvalue weighted by molar-refractivity contribution is 9.10. The lowest BCUT2D eigenvalue weighted by Crippen LogP contribution is -2.25. The van der Waals surface area contributed by atoms with Crippen molar-refractivity contribution in [3.05, 3.63) is 52.3 Å². The van der Waals surface area contributed by atoms with E-state index in [1.165, 1.54) is 6.07 Å². The van der Waals surface area contributed by atoms with Gasteiger partial charge in [0.15, 0.2) is 0 Å². The monoisotopic (exact) mass is 325 g/mol. The van der Waals surface area contributed by atoms with Crippen LogP contribution in [0.15, 0.2) is 35.1 Å². The summed E-state index contributed by atoms with van der Waals surface area (Å²) in [5.41, 5.74) is 0.674. The number of nitrogens with one attached hydrogen (secondary N) is 1. The van der Waals surface area contributed by atoms with Gasteiger partial charge in [-0.1, -0.05) is 28.9 Å². The summed E-state index contributed by atoms with van der Waals surface area (Å²) in [5, 5.41) is 3.32. The summed E-state index contributed by atoms with van der Waals surface area (Å²) in [6.45, 7) is 2.80. The van der Waals surface area contributed by atoms with Crippen molar-refractivity contribution in [1.29, 1.82) is 0 Å². The first-order valence-corrected chi connectivity index (χ1v) is 7.05. The van der Waals surface area contributed by atoms with Crippen LogP contribution in [0.5, 0.6) is 0 Å². The Morgan fingerprint density at radius 2 is 2.26 bits per heavy atom. The SMILES string of the molecule is CCNC(Cc1nccn1C)c1ccc(Br)cc1F. The van der Waals surface area contributed by atoms with Gasteiger partial charge in [-0.15, -0.1) is 0 Å². The lowest BCUT2D eigenvalue weighted by atomic mass is 10.0. The fraction of sp³-hybridized carbons (Fsp3) is 0.357. The Bertz CT molecular complexity index is 553. The fourth-order valence-electron chi connectivity index (χ4n) is 2.10. The molecule has 2 rings (SSSR count). The molecule has 1 aromatic heterocycles. The van der Waals surface area contributed by atoms with E-state index in [9.17, 15) is 4.39 Å². The third kappa shape index (κ3) is 3.42. The van der Waals surface area contributed by atoms with Gasteiger partial charge < -0.3 is 9.88 Å². The van der Waals surface area contributed by atoms with Crippen molar-refractivity contribution in [2.75, 3.05) is 6.54 Å².